The second-order valence-corrected chi connectivity index (χ2v) is 14.2. The number of benzene rings is 5. The molecular formula is C50H44N3O2+3. The maximum absolute atomic E-state index is 14.1. The summed E-state index contributed by atoms with van der Waals surface area (Å²) in [5.74, 6) is -0.395. The minimum Gasteiger partial charge on any atom is -0.461 e. The number of aryl methyl sites for hydroxylation is 4. The molecule has 268 valence electrons. The number of esters is 1. The van der Waals surface area contributed by atoms with Crippen LogP contribution in [0.1, 0.15) is 27.2 Å². The highest BCUT2D eigenvalue weighted by Gasteiger charge is 2.33. The number of rotatable bonds is 8. The zero-order valence-corrected chi connectivity index (χ0v) is 32.0. The van der Waals surface area contributed by atoms with Crippen LogP contribution in [0.3, 0.4) is 0 Å². The van der Waals surface area contributed by atoms with Crippen LogP contribution in [0.5, 0.6) is 0 Å². The number of carbonyl (C=O) groups excluding carboxylic acids is 1. The highest BCUT2D eigenvalue weighted by atomic mass is 16.5. The fraction of sp³-hybridized carbons (Fsp3) is 0.120. The van der Waals surface area contributed by atoms with Crippen LogP contribution in [0, 0.1) is 13.8 Å². The first kappa shape index (κ1) is 35.3. The molecule has 5 heteroatoms. The maximum Gasteiger partial charge on any atom is 0.403 e. The van der Waals surface area contributed by atoms with E-state index in [0.29, 0.717) is 12.2 Å². The van der Waals surface area contributed by atoms with Crippen molar-refractivity contribution in [2.24, 2.45) is 14.1 Å². The molecule has 0 atom stereocenters. The fourth-order valence-corrected chi connectivity index (χ4v) is 7.75. The predicted octanol–water partition coefficient (Wildman–Crippen LogP) is 9.56. The van der Waals surface area contributed by atoms with E-state index in [1.807, 2.05) is 6.07 Å². The predicted molar refractivity (Wildman–Crippen MR) is 220 cm³/mol. The summed E-state index contributed by atoms with van der Waals surface area (Å²) in [6.45, 7) is 4.60. The van der Waals surface area contributed by atoms with Gasteiger partial charge in [0, 0.05) is 41.5 Å². The van der Waals surface area contributed by atoms with Gasteiger partial charge in [-0.2, -0.15) is 4.57 Å². The van der Waals surface area contributed by atoms with Crippen LogP contribution in [0.25, 0.3) is 66.8 Å². The molecule has 5 aromatic carbocycles. The van der Waals surface area contributed by atoms with E-state index in [2.05, 4.69) is 200 Å². The van der Waals surface area contributed by atoms with E-state index in [9.17, 15) is 4.79 Å². The van der Waals surface area contributed by atoms with Crippen molar-refractivity contribution >= 4 is 16.7 Å². The molecule has 0 N–H and O–H groups in total. The number of aromatic nitrogens is 3. The first-order chi connectivity index (χ1) is 26.8. The van der Waals surface area contributed by atoms with Crippen LogP contribution in [0.2, 0.25) is 0 Å². The molecule has 8 aromatic rings. The largest absolute Gasteiger partial charge is 0.461 e. The molecule has 0 unspecified atom stereocenters. The Balaban J connectivity index is 1.51. The van der Waals surface area contributed by atoms with Crippen LogP contribution in [-0.2, 0) is 25.4 Å². The SMILES string of the molecule is COC(=O)c1cc(-c2ccc(C)cc2)cc(-c2ccccc2C)[n+]1Cc1c(-c2cccc[n+]2C)cc(-c2ccccc2)cc1-c1c2ccccc2cc[n+]1C. The van der Waals surface area contributed by atoms with Gasteiger partial charge in [-0.15, -0.1) is 0 Å². The van der Waals surface area contributed by atoms with Gasteiger partial charge in [0.1, 0.15) is 14.1 Å². The summed E-state index contributed by atoms with van der Waals surface area (Å²) < 4.78 is 12.1. The molecule has 0 radical (unpaired) electrons. The lowest BCUT2D eigenvalue weighted by Gasteiger charge is -2.18. The van der Waals surface area contributed by atoms with Gasteiger partial charge in [0.25, 0.3) is 5.69 Å². The van der Waals surface area contributed by atoms with Gasteiger partial charge in [-0.1, -0.05) is 96.6 Å². The monoisotopic (exact) mass is 718 g/mol. The first-order valence-electron chi connectivity index (χ1n) is 18.6. The Morgan fingerprint density at radius 1 is 0.564 bits per heavy atom. The molecule has 0 amide bonds. The summed E-state index contributed by atoms with van der Waals surface area (Å²) in [6.07, 6.45) is 4.23. The molecule has 8 rings (SSSR count). The summed E-state index contributed by atoms with van der Waals surface area (Å²) >= 11 is 0. The maximum atomic E-state index is 14.1. The molecule has 0 aliphatic carbocycles. The molecule has 55 heavy (non-hydrogen) atoms. The summed E-state index contributed by atoms with van der Waals surface area (Å²) in [7, 11) is 5.67. The molecule has 3 aromatic heterocycles. The third-order valence-electron chi connectivity index (χ3n) is 10.7. The van der Waals surface area contributed by atoms with E-state index in [-0.39, 0.29) is 0 Å². The molecule has 0 fully saturated rings. The number of carbonyl (C=O) groups is 1. The first-order valence-corrected chi connectivity index (χ1v) is 18.6. The van der Waals surface area contributed by atoms with E-state index in [4.69, 9.17) is 4.74 Å². The van der Waals surface area contributed by atoms with Crippen LogP contribution in [-0.4, -0.2) is 13.1 Å². The zero-order valence-electron chi connectivity index (χ0n) is 32.0. The topological polar surface area (TPSA) is 37.9 Å². The van der Waals surface area contributed by atoms with Crippen LogP contribution in [0.15, 0.2) is 164 Å². The Bertz CT molecular complexity index is 2720. The van der Waals surface area contributed by atoms with E-state index in [0.717, 1.165) is 77.9 Å². The van der Waals surface area contributed by atoms with Crippen molar-refractivity contribution < 1.29 is 23.2 Å². The minimum atomic E-state index is -0.395. The second-order valence-electron chi connectivity index (χ2n) is 14.2. The van der Waals surface area contributed by atoms with Gasteiger partial charge < -0.3 is 4.74 Å². The van der Waals surface area contributed by atoms with Crippen molar-refractivity contribution in [3.8, 4) is 56.0 Å². The standard InChI is InChI=1S/C50H44N3O2/c1-34-22-24-37(25-23-34)40-31-47(41-19-11-9-15-35(41)2)53(48(32-40)50(54)55-5)33-45-43(46-21-13-14-27-51(46)3)29-39(36-16-7-6-8-17-36)30-44(45)49-42-20-12-10-18-38(42)26-28-52(49)4/h6-32H,33H2,1-5H3/q+3. The molecule has 0 aliphatic heterocycles. The Labute approximate surface area is 323 Å². The smallest absolute Gasteiger partial charge is 0.403 e. The van der Waals surface area contributed by atoms with E-state index in [1.165, 1.54) is 12.7 Å². The highest BCUT2D eigenvalue weighted by Crippen LogP contribution is 2.39. The molecule has 0 aliphatic rings. The van der Waals surface area contributed by atoms with Crippen molar-refractivity contribution in [1.82, 2.24) is 0 Å². The lowest BCUT2D eigenvalue weighted by atomic mass is 9.88. The molecule has 3 heterocycles. The molecule has 0 saturated heterocycles. The number of hydrogen-bond donors (Lipinski definition) is 0. The van der Waals surface area contributed by atoms with Crippen molar-refractivity contribution in [3.05, 3.63) is 186 Å². The Kier molecular flexibility index (Phi) is 9.61. The van der Waals surface area contributed by atoms with Crippen LogP contribution >= 0.6 is 0 Å². The number of ether oxygens (including phenoxy) is 1. The number of pyridine rings is 3. The Hall–Kier alpha value is -6.72. The summed E-state index contributed by atoms with van der Waals surface area (Å²) in [5, 5.41) is 2.30. The van der Waals surface area contributed by atoms with Crippen LogP contribution < -0.4 is 13.7 Å². The Morgan fingerprint density at radius 2 is 1.24 bits per heavy atom. The average Bonchev–Trinajstić information content (AvgIpc) is 3.22. The summed E-state index contributed by atoms with van der Waals surface area (Å²) in [6, 6.07) is 53.3. The summed E-state index contributed by atoms with van der Waals surface area (Å²) in [4.78, 5) is 14.1. The quantitative estimate of drug-likeness (QED) is 0.116. The number of nitrogens with zero attached hydrogens (tertiary/aromatic N) is 3. The molecule has 0 bridgehead atoms. The average molecular weight is 719 g/mol. The third-order valence-corrected chi connectivity index (χ3v) is 10.7. The van der Waals surface area contributed by atoms with Crippen molar-refractivity contribution in [3.63, 3.8) is 0 Å². The molecular weight excluding hydrogens is 675 g/mol. The van der Waals surface area contributed by atoms with Gasteiger partial charge in [0.05, 0.1) is 23.6 Å². The lowest BCUT2D eigenvalue weighted by molar-refractivity contribution is -0.680. The second kappa shape index (κ2) is 15.0. The molecule has 5 nitrogen and oxygen atoms in total. The van der Waals surface area contributed by atoms with Crippen molar-refractivity contribution in [2.75, 3.05) is 7.11 Å². The van der Waals surface area contributed by atoms with E-state index < -0.39 is 5.97 Å². The van der Waals surface area contributed by atoms with Gasteiger partial charge in [0.2, 0.25) is 17.1 Å². The van der Waals surface area contributed by atoms with Gasteiger partial charge >= 0.3 is 5.97 Å². The van der Waals surface area contributed by atoms with Gasteiger partial charge in [-0.25, -0.2) is 13.9 Å². The normalized spacial score (nSPS) is 11.1. The van der Waals surface area contributed by atoms with Crippen molar-refractivity contribution in [1.29, 1.82) is 0 Å². The summed E-state index contributed by atoms with van der Waals surface area (Å²) in [5.41, 5.74) is 14.4. The highest BCUT2D eigenvalue weighted by molar-refractivity contribution is 5.96. The van der Waals surface area contributed by atoms with Gasteiger partial charge in [0.15, 0.2) is 18.9 Å². The fourth-order valence-electron chi connectivity index (χ4n) is 7.75. The van der Waals surface area contributed by atoms with E-state index >= 15 is 0 Å². The van der Waals surface area contributed by atoms with E-state index in [1.54, 1.807) is 0 Å². The molecule has 0 saturated carbocycles. The van der Waals surface area contributed by atoms with Gasteiger partial charge in [-0.05, 0) is 77.4 Å². The lowest BCUT2D eigenvalue weighted by Crippen LogP contribution is -2.44. The van der Waals surface area contributed by atoms with Gasteiger partial charge in [-0.3, -0.25) is 0 Å². The zero-order chi connectivity index (χ0) is 38.1. The number of methoxy groups -OCH3 is 1. The minimum absolute atomic E-state index is 0.389. The third kappa shape index (κ3) is 6.81. The van der Waals surface area contributed by atoms with Crippen molar-refractivity contribution in [2.45, 2.75) is 20.4 Å². The number of hydrogen-bond acceptors (Lipinski definition) is 2. The Morgan fingerprint density at radius 3 is 2.00 bits per heavy atom. The molecule has 0 spiro atoms. The number of fused-ring (bicyclic) bond motifs is 1. The van der Waals surface area contributed by atoms with Crippen LogP contribution in [0.4, 0.5) is 0 Å².